The topological polar surface area (TPSA) is 88.2 Å². The molecule has 0 spiro atoms. The van der Waals surface area contributed by atoms with E-state index in [2.05, 4.69) is 12.2 Å². The zero-order valence-electron chi connectivity index (χ0n) is 17.2. The first-order valence-corrected chi connectivity index (χ1v) is 11.8. The molecule has 2 heterocycles. The number of carbonyl (C=O) groups excluding carboxylic acids is 1. The van der Waals surface area contributed by atoms with Crippen LogP contribution in [0, 0.1) is 0 Å². The first-order chi connectivity index (χ1) is 13.9. The lowest BCUT2D eigenvalue weighted by molar-refractivity contribution is -0.123. The minimum atomic E-state index is -3.62. The number of nitrogens with one attached hydrogen (secondary N) is 1. The monoisotopic (exact) mass is 425 g/mol. The van der Waals surface area contributed by atoms with Crippen molar-refractivity contribution in [1.82, 2.24) is 14.5 Å². The molecule has 0 bridgehead atoms. The van der Waals surface area contributed by atoms with Crippen molar-refractivity contribution in [2.75, 3.05) is 45.9 Å². The van der Waals surface area contributed by atoms with Crippen molar-refractivity contribution in [3.63, 3.8) is 0 Å². The minimum Gasteiger partial charge on any atom is -0.490 e. The Balaban J connectivity index is 1.57. The van der Waals surface area contributed by atoms with Gasteiger partial charge < -0.3 is 14.8 Å². The molecule has 1 amide bonds. The molecular weight excluding hydrogens is 394 g/mol. The standard InChI is InChI=1S/C20H31N3O5S/c1-3-5-16(2)21-20(24)15-22-8-10-23(11-9-22)29(25,26)17-6-7-18-19(14-17)28-13-4-12-27-18/h6-7,14,16H,3-5,8-13,15H2,1-2H3,(H,21,24)/t16-/m1/s1. The van der Waals surface area contributed by atoms with Crippen molar-refractivity contribution >= 4 is 15.9 Å². The number of piperazine rings is 1. The van der Waals surface area contributed by atoms with Crippen LogP contribution in [0.5, 0.6) is 11.5 Å². The number of rotatable bonds is 7. The van der Waals surface area contributed by atoms with Crippen LogP contribution in [0.2, 0.25) is 0 Å². The molecule has 0 aromatic heterocycles. The van der Waals surface area contributed by atoms with E-state index >= 15 is 0 Å². The Labute approximate surface area is 173 Å². The van der Waals surface area contributed by atoms with E-state index in [9.17, 15) is 13.2 Å². The maximum absolute atomic E-state index is 13.0. The molecule has 3 rings (SSSR count). The SMILES string of the molecule is CCC[C@@H](C)NC(=O)CN1CCN(S(=O)(=O)c2ccc3c(c2)OCCCO3)CC1. The third-order valence-electron chi connectivity index (χ3n) is 5.18. The van der Waals surface area contributed by atoms with Crippen LogP contribution in [0.15, 0.2) is 23.1 Å². The van der Waals surface area contributed by atoms with Crippen molar-refractivity contribution in [3.05, 3.63) is 18.2 Å². The Morgan fingerprint density at radius 3 is 2.52 bits per heavy atom. The van der Waals surface area contributed by atoms with Gasteiger partial charge in [0, 0.05) is 44.7 Å². The van der Waals surface area contributed by atoms with Crippen molar-refractivity contribution in [3.8, 4) is 11.5 Å². The number of fused-ring (bicyclic) bond motifs is 1. The zero-order chi connectivity index (χ0) is 20.9. The van der Waals surface area contributed by atoms with Gasteiger partial charge >= 0.3 is 0 Å². The number of ether oxygens (including phenoxy) is 2. The smallest absolute Gasteiger partial charge is 0.243 e. The number of amides is 1. The van der Waals surface area contributed by atoms with Gasteiger partial charge in [0.2, 0.25) is 15.9 Å². The van der Waals surface area contributed by atoms with Gasteiger partial charge in [-0.2, -0.15) is 4.31 Å². The molecule has 2 aliphatic rings. The first kappa shape index (κ1) is 21.9. The van der Waals surface area contributed by atoms with Gasteiger partial charge in [-0.05, 0) is 25.5 Å². The summed E-state index contributed by atoms with van der Waals surface area (Å²) in [6, 6.07) is 4.93. The molecule has 1 atom stereocenters. The highest BCUT2D eigenvalue weighted by Crippen LogP contribution is 2.33. The summed E-state index contributed by atoms with van der Waals surface area (Å²) in [4.78, 5) is 14.4. The molecule has 162 valence electrons. The number of nitrogens with zero attached hydrogens (tertiary/aromatic N) is 2. The summed E-state index contributed by atoms with van der Waals surface area (Å²) in [5, 5.41) is 2.99. The predicted molar refractivity (Wildman–Crippen MR) is 110 cm³/mol. The lowest BCUT2D eigenvalue weighted by atomic mass is 10.2. The molecule has 0 unspecified atom stereocenters. The Kier molecular flexibility index (Phi) is 7.37. The zero-order valence-corrected chi connectivity index (χ0v) is 18.0. The molecular formula is C20H31N3O5S. The maximum atomic E-state index is 13.0. The largest absolute Gasteiger partial charge is 0.490 e. The van der Waals surface area contributed by atoms with Crippen molar-refractivity contribution in [1.29, 1.82) is 0 Å². The van der Waals surface area contributed by atoms with Crippen LogP contribution in [0.1, 0.15) is 33.1 Å². The Bertz CT molecular complexity index is 806. The normalized spacial score (nSPS) is 19.4. The van der Waals surface area contributed by atoms with E-state index in [4.69, 9.17) is 9.47 Å². The molecule has 2 aliphatic heterocycles. The molecule has 0 aliphatic carbocycles. The van der Waals surface area contributed by atoms with Crippen LogP contribution in [-0.4, -0.2) is 75.5 Å². The van der Waals surface area contributed by atoms with Crippen molar-refractivity contribution < 1.29 is 22.7 Å². The molecule has 0 saturated carbocycles. The Morgan fingerprint density at radius 1 is 1.14 bits per heavy atom. The summed E-state index contributed by atoms with van der Waals surface area (Å²) < 4.78 is 38.7. The highest BCUT2D eigenvalue weighted by Gasteiger charge is 2.30. The average molecular weight is 426 g/mol. The number of sulfonamides is 1. The van der Waals surface area contributed by atoms with E-state index < -0.39 is 10.0 Å². The lowest BCUT2D eigenvalue weighted by Crippen LogP contribution is -2.51. The predicted octanol–water partition coefficient (Wildman–Crippen LogP) is 1.46. The van der Waals surface area contributed by atoms with Crippen molar-refractivity contribution in [2.45, 2.75) is 44.0 Å². The van der Waals surface area contributed by atoms with Gasteiger partial charge in [-0.1, -0.05) is 13.3 Å². The van der Waals surface area contributed by atoms with Crippen LogP contribution < -0.4 is 14.8 Å². The van der Waals surface area contributed by atoms with E-state index in [-0.39, 0.29) is 16.8 Å². The summed E-state index contributed by atoms with van der Waals surface area (Å²) >= 11 is 0. The van der Waals surface area contributed by atoms with Crippen LogP contribution in [0.25, 0.3) is 0 Å². The first-order valence-electron chi connectivity index (χ1n) is 10.3. The molecule has 29 heavy (non-hydrogen) atoms. The molecule has 1 aromatic carbocycles. The number of carbonyl (C=O) groups is 1. The Hall–Kier alpha value is -1.84. The second-order valence-corrected chi connectivity index (χ2v) is 9.53. The van der Waals surface area contributed by atoms with Crippen LogP contribution in [0.3, 0.4) is 0 Å². The van der Waals surface area contributed by atoms with E-state index in [1.807, 2.05) is 11.8 Å². The van der Waals surface area contributed by atoms with Gasteiger partial charge in [0.1, 0.15) is 0 Å². The van der Waals surface area contributed by atoms with Crippen molar-refractivity contribution in [2.24, 2.45) is 0 Å². The fourth-order valence-electron chi connectivity index (χ4n) is 3.61. The van der Waals surface area contributed by atoms with Gasteiger partial charge in [0.05, 0.1) is 24.7 Å². The summed E-state index contributed by atoms with van der Waals surface area (Å²) in [5.74, 6) is 1.04. The third-order valence-corrected chi connectivity index (χ3v) is 7.08. The molecule has 0 radical (unpaired) electrons. The quantitative estimate of drug-likeness (QED) is 0.712. The summed E-state index contributed by atoms with van der Waals surface area (Å²) in [7, 11) is -3.62. The molecule has 8 nitrogen and oxygen atoms in total. The van der Waals surface area contributed by atoms with Gasteiger partial charge in [-0.3, -0.25) is 9.69 Å². The molecule has 1 saturated heterocycles. The van der Waals surface area contributed by atoms with Gasteiger partial charge in [-0.25, -0.2) is 8.42 Å². The number of hydrogen-bond donors (Lipinski definition) is 1. The highest BCUT2D eigenvalue weighted by molar-refractivity contribution is 7.89. The Morgan fingerprint density at radius 2 is 1.83 bits per heavy atom. The number of benzene rings is 1. The average Bonchev–Trinajstić information content (AvgIpc) is 2.93. The van der Waals surface area contributed by atoms with Crippen LogP contribution in [0.4, 0.5) is 0 Å². The second kappa shape index (κ2) is 9.77. The van der Waals surface area contributed by atoms with Crippen LogP contribution in [-0.2, 0) is 14.8 Å². The summed E-state index contributed by atoms with van der Waals surface area (Å²) in [6.45, 7) is 7.22. The molecule has 1 N–H and O–H groups in total. The van der Waals surface area contributed by atoms with Gasteiger partial charge in [0.25, 0.3) is 0 Å². The van der Waals surface area contributed by atoms with Gasteiger partial charge in [0.15, 0.2) is 11.5 Å². The lowest BCUT2D eigenvalue weighted by Gasteiger charge is -2.33. The summed E-state index contributed by atoms with van der Waals surface area (Å²) in [6.07, 6.45) is 2.74. The van der Waals surface area contributed by atoms with E-state index in [1.54, 1.807) is 18.2 Å². The van der Waals surface area contributed by atoms with E-state index in [0.29, 0.717) is 57.4 Å². The second-order valence-electron chi connectivity index (χ2n) is 7.60. The highest BCUT2D eigenvalue weighted by atomic mass is 32.2. The molecule has 1 aromatic rings. The van der Waals surface area contributed by atoms with Crippen LogP contribution >= 0.6 is 0 Å². The fraction of sp³-hybridized carbons (Fsp3) is 0.650. The summed E-state index contributed by atoms with van der Waals surface area (Å²) in [5.41, 5.74) is 0. The molecule has 9 heteroatoms. The number of hydrogen-bond acceptors (Lipinski definition) is 6. The third kappa shape index (κ3) is 5.61. The van der Waals surface area contributed by atoms with Gasteiger partial charge in [-0.15, -0.1) is 0 Å². The molecule has 1 fully saturated rings. The minimum absolute atomic E-state index is 0.00911. The van der Waals surface area contributed by atoms with E-state index in [1.165, 1.54) is 4.31 Å². The van der Waals surface area contributed by atoms with E-state index in [0.717, 1.165) is 19.3 Å². The maximum Gasteiger partial charge on any atom is 0.243 e. The fourth-order valence-corrected chi connectivity index (χ4v) is 5.05.